The summed E-state index contributed by atoms with van der Waals surface area (Å²) in [6.07, 6.45) is 19.9. The lowest BCUT2D eigenvalue weighted by Gasteiger charge is -2.52. The standard InChI is InChI=1S/C22H25NOS.C12H9ClOS.C11H10S.C9H16N2.CO2.Cl2OS/c24-19(13-18-15-5-9-23(10-6-15)22(18)7-8-22)21-12-17-4-3-16(14-1-2-14)11-20(17)25-21;13-12(14)11-6-9-4-3-8(7-1-2-7)5-10(9)15-11;1-2-8(1)10-4-3-9-5-6-12-11(9)7-10;10-8-7-1-5-11(6-2-7)9(8)3-4-9;2-1-3;1-4(2)3/h3-4,11-12,14-15,18H,1-2,5-10,13H2;3-7H,1-2H2;3-8H,1-2H2;7-8H,1-6,10H2;;. The van der Waals surface area contributed by atoms with Crippen LogP contribution in [0, 0.1) is 17.8 Å². The third kappa shape index (κ3) is 11.4. The van der Waals surface area contributed by atoms with Crippen LogP contribution in [0.4, 0.5) is 0 Å². The average molecular weight is 1080 g/mol. The molecule has 17 rings (SSSR count). The van der Waals surface area contributed by atoms with Crippen molar-refractivity contribution in [2.75, 3.05) is 26.2 Å². The lowest BCUT2D eigenvalue weighted by atomic mass is 9.70. The molecule has 6 aliphatic heterocycles. The van der Waals surface area contributed by atoms with Gasteiger partial charge in [-0.3, -0.25) is 19.4 Å². The molecule has 9 heterocycles. The van der Waals surface area contributed by atoms with Gasteiger partial charge in [-0.1, -0.05) is 36.4 Å². The molecule has 6 aromatic rings. The molecule has 70 heavy (non-hydrogen) atoms. The summed E-state index contributed by atoms with van der Waals surface area (Å²) >= 11 is 10.5. The molecular weight excluding hydrogens is 1020 g/mol. The van der Waals surface area contributed by atoms with Gasteiger partial charge < -0.3 is 5.73 Å². The normalized spacial score (nSPS) is 26.6. The summed E-state index contributed by atoms with van der Waals surface area (Å²) in [5.41, 5.74) is 11.6. The van der Waals surface area contributed by atoms with Gasteiger partial charge in [0.25, 0.3) is 5.24 Å². The van der Waals surface area contributed by atoms with Crippen LogP contribution in [0.2, 0.25) is 0 Å². The van der Waals surface area contributed by atoms with Gasteiger partial charge in [-0.15, -0.1) is 34.0 Å². The molecule has 5 aliphatic carbocycles. The number of benzene rings is 3. The molecule has 6 saturated heterocycles. The van der Waals surface area contributed by atoms with Gasteiger partial charge in [0.05, 0.1) is 9.75 Å². The maximum Gasteiger partial charge on any atom is 0.373 e. The quantitative estimate of drug-likeness (QED) is 0.124. The fraction of sp³-hybridized carbons (Fsp3) is 0.509. The highest BCUT2D eigenvalue weighted by molar-refractivity contribution is 8.26. The lowest BCUT2D eigenvalue weighted by Crippen LogP contribution is -2.63. The number of piperidine rings is 6. The summed E-state index contributed by atoms with van der Waals surface area (Å²) in [7, 11) is 7.36. The zero-order chi connectivity index (χ0) is 48.7. The van der Waals surface area contributed by atoms with E-state index in [1.54, 1.807) is 16.9 Å². The Morgan fingerprint density at radius 1 is 0.614 bits per heavy atom. The second-order valence-electron chi connectivity index (χ2n) is 21.0. The number of hydrogen-bond donors (Lipinski definition) is 1. The molecule has 2 spiro atoms. The van der Waals surface area contributed by atoms with Gasteiger partial charge in [0.15, 0.2) is 5.78 Å². The van der Waals surface area contributed by atoms with Crippen LogP contribution in [0.15, 0.2) is 78.2 Å². The number of thiophene rings is 3. The number of nitrogens with two attached hydrogens (primary N) is 1. The first kappa shape index (κ1) is 50.7. The lowest BCUT2D eigenvalue weighted by molar-refractivity contribution is -0.191. The monoisotopic (exact) mass is 1080 g/mol. The number of halogens is 3. The van der Waals surface area contributed by atoms with Crippen LogP contribution < -0.4 is 5.73 Å². The zero-order valence-corrected chi connectivity index (χ0v) is 44.8. The molecule has 11 fully saturated rings. The molecule has 3 aromatic heterocycles. The van der Waals surface area contributed by atoms with Crippen molar-refractivity contribution in [1.82, 2.24) is 9.80 Å². The van der Waals surface area contributed by atoms with E-state index in [1.807, 2.05) is 17.4 Å². The van der Waals surface area contributed by atoms with Gasteiger partial charge in [0, 0.05) is 59.0 Å². The maximum absolute atomic E-state index is 13.1. The number of ketones is 1. The van der Waals surface area contributed by atoms with E-state index >= 15 is 0 Å². The summed E-state index contributed by atoms with van der Waals surface area (Å²) in [5.74, 6) is 5.11. The van der Waals surface area contributed by atoms with Crippen LogP contribution in [-0.2, 0) is 18.8 Å². The molecule has 2 N–H and O–H groups in total. The molecule has 11 aliphatic rings. The number of carbonyl (C=O) groups excluding carboxylic acids is 4. The molecule has 2 unspecified atom stereocenters. The van der Waals surface area contributed by atoms with Gasteiger partial charge in [-0.05, 0) is 238 Å². The summed E-state index contributed by atoms with van der Waals surface area (Å²) in [6, 6.07) is 26.9. The summed E-state index contributed by atoms with van der Waals surface area (Å²) < 4.78 is 13.0. The van der Waals surface area contributed by atoms with E-state index in [4.69, 9.17) is 31.1 Å². The van der Waals surface area contributed by atoms with Crippen LogP contribution in [0.1, 0.15) is 150 Å². The number of hydrogen-bond acceptors (Lipinski definition) is 11. The minimum absolute atomic E-state index is 0.250. The van der Waals surface area contributed by atoms with Crippen molar-refractivity contribution in [3.63, 3.8) is 0 Å². The molecule has 0 radical (unpaired) electrons. The van der Waals surface area contributed by atoms with E-state index in [9.17, 15) is 9.59 Å². The third-order valence-corrected chi connectivity index (χ3v) is 20.3. The van der Waals surface area contributed by atoms with E-state index in [0.29, 0.717) is 33.7 Å². The maximum atomic E-state index is 13.1. The summed E-state index contributed by atoms with van der Waals surface area (Å²) in [4.78, 5) is 47.4. The number of carbonyl (C=O) groups is 2. The second kappa shape index (κ2) is 21.6. The van der Waals surface area contributed by atoms with E-state index in [-0.39, 0.29) is 11.4 Å². The van der Waals surface area contributed by atoms with Crippen molar-refractivity contribution < 1.29 is 23.4 Å². The van der Waals surface area contributed by atoms with Gasteiger partial charge in [0.2, 0.25) is 9.23 Å². The molecule has 15 heteroatoms. The molecule has 5 saturated carbocycles. The molecule has 4 bridgehead atoms. The highest BCUT2D eigenvalue weighted by Crippen LogP contribution is 2.59. The predicted molar refractivity (Wildman–Crippen MR) is 289 cm³/mol. The highest BCUT2D eigenvalue weighted by atomic mass is 36.0. The van der Waals surface area contributed by atoms with Crippen LogP contribution in [-0.4, -0.2) is 74.5 Å². The molecule has 8 nitrogen and oxygen atoms in total. The van der Waals surface area contributed by atoms with Crippen molar-refractivity contribution in [1.29, 1.82) is 0 Å². The molecule has 3 aromatic carbocycles. The Hall–Kier alpha value is -2.84. The number of fused-ring (bicyclic) bond motifs is 7. The number of nitrogens with zero attached hydrogens (tertiary/aromatic N) is 2. The Bertz CT molecular complexity index is 2900. The minimum Gasteiger partial charge on any atom is -0.326 e. The van der Waals surface area contributed by atoms with Crippen molar-refractivity contribution in [2.24, 2.45) is 23.5 Å². The fourth-order valence-electron chi connectivity index (χ4n) is 12.3. The summed E-state index contributed by atoms with van der Waals surface area (Å²) in [6.45, 7) is 5.22. The number of Topliss-reactive ketones (excluding diaryl/α,β-unsaturated/α-hetero) is 1. The molecule has 0 amide bonds. The minimum atomic E-state index is -1.67. The molecular formula is C55H60Cl3N3O5S4. The van der Waals surface area contributed by atoms with Crippen molar-refractivity contribution in [2.45, 2.75) is 131 Å². The van der Waals surface area contributed by atoms with Crippen molar-refractivity contribution in [3.05, 3.63) is 105 Å². The predicted octanol–water partition coefficient (Wildman–Crippen LogP) is 14.2. The molecule has 370 valence electrons. The van der Waals surface area contributed by atoms with Crippen molar-refractivity contribution in [3.8, 4) is 0 Å². The average Bonchev–Trinajstić information content (AvgIpc) is 4.10. The van der Waals surface area contributed by atoms with Gasteiger partial charge in [-0.2, -0.15) is 9.59 Å². The first-order valence-electron chi connectivity index (χ1n) is 25.1. The van der Waals surface area contributed by atoms with Crippen LogP contribution in [0.3, 0.4) is 0 Å². The SMILES string of the molecule is NC1C2CCN(CC2)C12CC2.O=C(CC1C2CCN(CC2)C12CC2)c1cc2ccc(C3CC3)cc2s1.O=C(Cl)c1cc2ccc(C3CC3)cc2s1.O=C=O.O=S(Cl)Cl.c1cc2ccc(C3CC3)cc2s1. The van der Waals surface area contributed by atoms with E-state index in [0.717, 1.165) is 46.3 Å². The number of rotatable bonds is 7. The highest BCUT2D eigenvalue weighted by Gasteiger charge is 2.61. The fourth-order valence-corrected chi connectivity index (χ4v) is 15.3. The van der Waals surface area contributed by atoms with Gasteiger partial charge in [-0.25, -0.2) is 4.21 Å². The Balaban J connectivity index is 0.000000109. The largest absolute Gasteiger partial charge is 0.373 e. The van der Waals surface area contributed by atoms with Gasteiger partial charge >= 0.3 is 6.15 Å². The zero-order valence-electron chi connectivity index (χ0n) is 39.3. The van der Waals surface area contributed by atoms with Crippen LogP contribution in [0.5, 0.6) is 0 Å². The van der Waals surface area contributed by atoms with Crippen LogP contribution >= 0.6 is 67.0 Å². The Morgan fingerprint density at radius 2 is 1.04 bits per heavy atom. The van der Waals surface area contributed by atoms with Gasteiger partial charge in [0.1, 0.15) is 0 Å². The summed E-state index contributed by atoms with van der Waals surface area (Å²) in [5, 5.41) is 5.58. The van der Waals surface area contributed by atoms with E-state index < -0.39 is 9.23 Å². The topological polar surface area (TPSA) is 118 Å². The third-order valence-electron chi connectivity index (χ3n) is 16.8. The van der Waals surface area contributed by atoms with E-state index in [2.05, 4.69) is 103 Å². The first-order valence-corrected chi connectivity index (χ1v) is 30.8. The Labute approximate surface area is 439 Å². The Morgan fingerprint density at radius 3 is 1.49 bits per heavy atom. The van der Waals surface area contributed by atoms with Crippen molar-refractivity contribution >= 4 is 124 Å². The van der Waals surface area contributed by atoms with Crippen LogP contribution in [0.25, 0.3) is 30.3 Å². The first-order chi connectivity index (χ1) is 33.9. The van der Waals surface area contributed by atoms with E-state index in [1.165, 1.54) is 163 Å². The Kier molecular flexibility index (Phi) is 15.6. The second-order valence-corrected chi connectivity index (χ2v) is 27.0. The molecule has 2 atom stereocenters. The smallest absolute Gasteiger partial charge is 0.326 e.